The van der Waals surface area contributed by atoms with E-state index in [1.807, 2.05) is 12.3 Å². The molecule has 0 saturated carbocycles. The van der Waals surface area contributed by atoms with E-state index in [4.69, 9.17) is 4.98 Å². The lowest BCUT2D eigenvalue weighted by atomic mass is 9.95. The van der Waals surface area contributed by atoms with Crippen molar-refractivity contribution < 1.29 is 0 Å². The molecular weight excluding hydrogens is 286 g/mol. The molecule has 2 saturated heterocycles. The Labute approximate surface area is 138 Å². The van der Waals surface area contributed by atoms with Crippen LogP contribution in [0.5, 0.6) is 0 Å². The summed E-state index contributed by atoms with van der Waals surface area (Å²) in [6.07, 6.45) is 6.92. The van der Waals surface area contributed by atoms with Crippen molar-refractivity contribution in [2.24, 2.45) is 5.92 Å². The van der Waals surface area contributed by atoms with Crippen molar-refractivity contribution in [2.45, 2.75) is 38.1 Å². The first-order chi connectivity index (χ1) is 11.3. The number of likely N-dealkylation sites (tertiary alicyclic amines) is 1. The van der Waals surface area contributed by atoms with Gasteiger partial charge in [0.1, 0.15) is 11.3 Å². The summed E-state index contributed by atoms with van der Waals surface area (Å²) in [7, 11) is 2.22. The van der Waals surface area contributed by atoms with Crippen molar-refractivity contribution in [1.29, 1.82) is 0 Å². The van der Waals surface area contributed by atoms with Crippen LogP contribution in [0.4, 0.5) is 0 Å². The fourth-order valence-electron chi connectivity index (χ4n) is 4.07. The molecule has 4 heterocycles. The van der Waals surface area contributed by atoms with Gasteiger partial charge in [0.25, 0.3) is 0 Å². The van der Waals surface area contributed by atoms with Gasteiger partial charge in [0.2, 0.25) is 0 Å². The molecule has 4 rings (SSSR count). The first kappa shape index (κ1) is 15.1. The molecule has 0 aliphatic carbocycles. The molecule has 0 spiro atoms. The zero-order chi connectivity index (χ0) is 15.6. The summed E-state index contributed by atoms with van der Waals surface area (Å²) in [4.78, 5) is 12.1. The molecule has 0 amide bonds. The smallest absolute Gasteiger partial charge is 0.160 e. The SMILES string of the molecule is CN1CCC(c2nc3cccnc3n2CC2CCCNC2)CC1. The van der Waals surface area contributed by atoms with Gasteiger partial charge in [0.15, 0.2) is 5.65 Å². The molecule has 2 aromatic rings. The Morgan fingerprint density at radius 3 is 2.91 bits per heavy atom. The summed E-state index contributed by atoms with van der Waals surface area (Å²) < 4.78 is 2.43. The molecule has 1 unspecified atom stereocenters. The third kappa shape index (κ3) is 3.12. The van der Waals surface area contributed by atoms with Gasteiger partial charge in [-0.25, -0.2) is 9.97 Å². The third-order valence-electron chi connectivity index (χ3n) is 5.46. The second kappa shape index (κ2) is 6.57. The standard InChI is InChI=1S/C18H27N5/c1-22-10-6-15(7-11-22)17-21-16-5-3-9-20-18(16)23(17)13-14-4-2-8-19-12-14/h3,5,9,14-15,19H,2,4,6-8,10-13H2,1H3. The Morgan fingerprint density at radius 1 is 1.26 bits per heavy atom. The molecule has 124 valence electrons. The average molecular weight is 313 g/mol. The first-order valence-electron chi connectivity index (χ1n) is 9.01. The van der Waals surface area contributed by atoms with Crippen LogP contribution in [0.15, 0.2) is 18.3 Å². The zero-order valence-electron chi connectivity index (χ0n) is 14.0. The minimum atomic E-state index is 0.581. The van der Waals surface area contributed by atoms with Crippen molar-refractivity contribution >= 4 is 11.2 Å². The van der Waals surface area contributed by atoms with E-state index in [0.717, 1.165) is 24.3 Å². The number of hydrogen-bond donors (Lipinski definition) is 1. The molecule has 2 aliphatic heterocycles. The summed E-state index contributed by atoms with van der Waals surface area (Å²) >= 11 is 0. The molecule has 2 fully saturated rings. The van der Waals surface area contributed by atoms with Crippen LogP contribution in [-0.2, 0) is 6.54 Å². The number of nitrogens with one attached hydrogen (secondary N) is 1. The molecule has 5 heteroatoms. The lowest BCUT2D eigenvalue weighted by molar-refractivity contribution is 0.246. The Morgan fingerprint density at radius 2 is 2.13 bits per heavy atom. The predicted octanol–water partition coefficient (Wildman–Crippen LogP) is 2.24. The van der Waals surface area contributed by atoms with E-state index >= 15 is 0 Å². The number of piperidine rings is 2. The lowest BCUT2D eigenvalue weighted by Crippen LogP contribution is -2.33. The highest BCUT2D eigenvalue weighted by Gasteiger charge is 2.26. The van der Waals surface area contributed by atoms with Gasteiger partial charge >= 0.3 is 0 Å². The van der Waals surface area contributed by atoms with E-state index < -0.39 is 0 Å². The van der Waals surface area contributed by atoms with E-state index in [2.05, 4.69) is 32.9 Å². The van der Waals surface area contributed by atoms with E-state index in [1.54, 1.807) is 0 Å². The van der Waals surface area contributed by atoms with Gasteiger partial charge in [-0.1, -0.05) is 0 Å². The number of fused-ring (bicyclic) bond motifs is 1. The van der Waals surface area contributed by atoms with Crippen LogP contribution in [0.1, 0.15) is 37.4 Å². The van der Waals surface area contributed by atoms with Crippen LogP contribution in [-0.4, -0.2) is 52.7 Å². The molecule has 2 aliphatic rings. The summed E-state index contributed by atoms with van der Waals surface area (Å²) in [5.74, 6) is 2.56. The van der Waals surface area contributed by atoms with Gasteiger partial charge < -0.3 is 14.8 Å². The molecule has 0 aromatic carbocycles. The Kier molecular flexibility index (Phi) is 4.31. The van der Waals surface area contributed by atoms with Gasteiger partial charge in [0, 0.05) is 18.7 Å². The van der Waals surface area contributed by atoms with Crippen LogP contribution < -0.4 is 5.32 Å². The van der Waals surface area contributed by atoms with Gasteiger partial charge in [-0.2, -0.15) is 0 Å². The minimum absolute atomic E-state index is 0.581. The van der Waals surface area contributed by atoms with Crippen molar-refractivity contribution in [1.82, 2.24) is 24.8 Å². The molecule has 2 aromatic heterocycles. The third-order valence-corrected chi connectivity index (χ3v) is 5.46. The van der Waals surface area contributed by atoms with E-state index in [-0.39, 0.29) is 0 Å². The fraction of sp³-hybridized carbons (Fsp3) is 0.667. The maximum Gasteiger partial charge on any atom is 0.160 e. The van der Waals surface area contributed by atoms with Crippen molar-refractivity contribution in [2.75, 3.05) is 33.2 Å². The molecule has 5 nitrogen and oxygen atoms in total. The highest BCUT2D eigenvalue weighted by atomic mass is 15.2. The maximum atomic E-state index is 4.99. The summed E-state index contributed by atoms with van der Waals surface area (Å²) in [6.45, 7) is 5.70. The van der Waals surface area contributed by atoms with Crippen LogP contribution >= 0.6 is 0 Å². The van der Waals surface area contributed by atoms with Crippen LogP contribution in [0, 0.1) is 5.92 Å². The molecule has 0 bridgehead atoms. The number of hydrogen-bond acceptors (Lipinski definition) is 4. The molecular formula is C18H27N5. The first-order valence-corrected chi connectivity index (χ1v) is 9.01. The van der Waals surface area contributed by atoms with Crippen molar-refractivity contribution in [3.63, 3.8) is 0 Å². The number of imidazole rings is 1. The highest BCUT2D eigenvalue weighted by Crippen LogP contribution is 2.30. The normalized spacial score (nSPS) is 24.3. The van der Waals surface area contributed by atoms with Crippen molar-refractivity contribution in [3.05, 3.63) is 24.2 Å². The summed E-state index contributed by atoms with van der Waals surface area (Å²) in [6, 6.07) is 4.11. The van der Waals surface area contributed by atoms with Gasteiger partial charge in [-0.15, -0.1) is 0 Å². The Balaban J connectivity index is 1.66. The predicted molar refractivity (Wildman–Crippen MR) is 92.6 cm³/mol. The summed E-state index contributed by atoms with van der Waals surface area (Å²) in [5.41, 5.74) is 2.14. The van der Waals surface area contributed by atoms with Crippen LogP contribution in [0.25, 0.3) is 11.2 Å². The highest BCUT2D eigenvalue weighted by molar-refractivity contribution is 5.71. The monoisotopic (exact) mass is 313 g/mol. The minimum Gasteiger partial charge on any atom is -0.316 e. The number of nitrogens with zero attached hydrogens (tertiary/aromatic N) is 4. The van der Waals surface area contributed by atoms with Gasteiger partial charge in [-0.05, 0) is 77.0 Å². The number of rotatable bonds is 3. The zero-order valence-corrected chi connectivity index (χ0v) is 14.0. The topological polar surface area (TPSA) is 46.0 Å². The van der Waals surface area contributed by atoms with Gasteiger partial charge in [-0.3, -0.25) is 0 Å². The molecule has 1 N–H and O–H groups in total. The second-order valence-electron chi connectivity index (χ2n) is 7.22. The molecule has 0 radical (unpaired) electrons. The largest absolute Gasteiger partial charge is 0.316 e. The quantitative estimate of drug-likeness (QED) is 0.944. The average Bonchev–Trinajstić information content (AvgIpc) is 2.95. The Bertz CT molecular complexity index is 650. The van der Waals surface area contributed by atoms with E-state index in [1.165, 1.54) is 51.1 Å². The van der Waals surface area contributed by atoms with Gasteiger partial charge in [0.05, 0.1) is 0 Å². The van der Waals surface area contributed by atoms with Crippen LogP contribution in [0.3, 0.4) is 0 Å². The molecule has 1 atom stereocenters. The maximum absolute atomic E-state index is 4.99. The van der Waals surface area contributed by atoms with Crippen molar-refractivity contribution in [3.8, 4) is 0 Å². The Hall–Kier alpha value is -1.46. The summed E-state index contributed by atoms with van der Waals surface area (Å²) in [5, 5.41) is 3.54. The fourth-order valence-corrected chi connectivity index (χ4v) is 4.07. The second-order valence-corrected chi connectivity index (χ2v) is 7.22. The number of aromatic nitrogens is 3. The molecule has 23 heavy (non-hydrogen) atoms. The lowest BCUT2D eigenvalue weighted by Gasteiger charge is -2.30. The van der Waals surface area contributed by atoms with Crippen LogP contribution in [0.2, 0.25) is 0 Å². The van der Waals surface area contributed by atoms with E-state index in [9.17, 15) is 0 Å². The number of pyridine rings is 1. The van der Waals surface area contributed by atoms with E-state index in [0.29, 0.717) is 11.8 Å².